The van der Waals surface area contributed by atoms with Gasteiger partial charge in [-0.25, -0.2) is 4.98 Å². The smallest absolute Gasteiger partial charge is 0.284 e. The van der Waals surface area contributed by atoms with Crippen LogP contribution in [0.5, 0.6) is 0 Å². The lowest BCUT2D eigenvalue weighted by molar-refractivity contribution is 0.0976. The summed E-state index contributed by atoms with van der Waals surface area (Å²) in [6.07, 6.45) is 0. The second kappa shape index (κ2) is 2.58. The van der Waals surface area contributed by atoms with Crippen molar-refractivity contribution < 1.29 is 9.21 Å². The molecule has 0 atom stereocenters. The van der Waals surface area contributed by atoms with E-state index in [1.54, 1.807) is 12.1 Å². The van der Waals surface area contributed by atoms with Gasteiger partial charge in [0.05, 0.1) is 0 Å². The average Bonchev–Trinajstić information content (AvgIpc) is 2.46. The van der Waals surface area contributed by atoms with Crippen molar-refractivity contribution in [3.63, 3.8) is 0 Å². The second-order valence-electron chi connectivity index (χ2n) is 2.81. The van der Waals surface area contributed by atoms with Crippen LogP contribution in [0.4, 0.5) is 0 Å². The average molecular weight is 176 g/mol. The molecular formula is C9H8N2O2. The molecule has 4 heteroatoms. The minimum Gasteiger partial charge on any atom is -0.449 e. The van der Waals surface area contributed by atoms with Crippen LogP contribution in [0.25, 0.3) is 11.1 Å². The molecule has 4 nitrogen and oxygen atoms in total. The number of furan rings is 1. The molecule has 0 aliphatic carbocycles. The van der Waals surface area contributed by atoms with Gasteiger partial charge in [0, 0.05) is 11.8 Å². The van der Waals surface area contributed by atoms with E-state index in [9.17, 15) is 4.79 Å². The quantitative estimate of drug-likeness (QED) is 0.710. The first kappa shape index (κ1) is 7.79. The molecular weight excluding hydrogens is 168 g/mol. The maximum absolute atomic E-state index is 10.8. The maximum atomic E-state index is 10.8. The summed E-state index contributed by atoms with van der Waals surface area (Å²) >= 11 is 0. The number of aryl methyl sites for hydroxylation is 1. The predicted molar refractivity (Wildman–Crippen MR) is 47.3 cm³/mol. The number of nitrogens with two attached hydrogens (primary N) is 1. The van der Waals surface area contributed by atoms with Gasteiger partial charge in [0.2, 0.25) is 0 Å². The summed E-state index contributed by atoms with van der Waals surface area (Å²) in [6.45, 7) is 1.87. The third kappa shape index (κ3) is 1.26. The molecule has 66 valence electrons. The van der Waals surface area contributed by atoms with E-state index in [0.29, 0.717) is 11.1 Å². The highest BCUT2D eigenvalue weighted by Crippen LogP contribution is 2.16. The molecule has 0 spiro atoms. The van der Waals surface area contributed by atoms with E-state index < -0.39 is 5.91 Å². The van der Waals surface area contributed by atoms with Gasteiger partial charge in [0.15, 0.2) is 11.3 Å². The summed E-state index contributed by atoms with van der Waals surface area (Å²) in [5.74, 6) is -0.427. The molecule has 2 N–H and O–H groups in total. The number of pyridine rings is 1. The molecule has 0 bridgehead atoms. The van der Waals surface area contributed by atoms with Crippen molar-refractivity contribution in [3.05, 3.63) is 29.7 Å². The van der Waals surface area contributed by atoms with E-state index in [1.807, 2.05) is 13.0 Å². The van der Waals surface area contributed by atoms with Crippen LogP contribution in [0.2, 0.25) is 0 Å². The van der Waals surface area contributed by atoms with Gasteiger partial charge < -0.3 is 10.2 Å². The first-order valence-corrected chi connectivity index (χ1v) is 3.84. The third-order valence-corrected chi connectivity index (χ3v) is 1.76. The molecule has 2 heterocycles. The van der Waals surface area contributed by atoms with Crippen molar-refractivity contribution in [2.45, 2.75) is 6.92 Å². The predicted octanol–water partition coefficient (Wildman–Crippen LogP) is 1.24. The number of hydrogen-bond acceptors (Lipinski definition) is 3. The minimum atomic E-state index is -0.573. The Kier molecular flexibility index (Phi) is 1.55. The Morgan fingerprint density at radius 1 is 1.54 bits per heavy atom. The van der Waals surface area contributed by atoms with Crippen LogP contribution in [-0.4, -0.2) is 10.9 Å². The zero-order valence-corrected chi connectivity index (χ0v) is 7.07. The lowest BCUT2D eigenvalue weighted by Crippen LogP contribution is -2.08. The second-order valence-corrected chi connectivity index (χ2v) is 2.81. The van der Waals surface area contributed by atoms with Gasteiger partial charge in [0.25, 0.3) is 5.91 Å². The van der Waals surface area contributed by atoms with Crippen LogP contribution in [0.1, 0.15) is 16.2 Å². The number of primary amides is 1. The van der Waals surface area contributed by atoms with Crippen LogP contribution in [0.3, 0.4) is 0 Å². The summed E-state index contributed by atoms with van der Waals surface area (Å²) in [5.41, 5.74) is 7.18. The Balaban J connectivity index is 2.68. The van der Waals surface area contributed by atoms with Crippen molar-refractivity contribution in [1.29, 1.82) is 0 Å². The van der Waals surface area contributed by atoms with Gasteiger partial charge in [-0.15, -0.1) is 0 Å². The molecule has 0 fully saturated rings. The third-order valence-electron chi connectivity index (χ3n) is 1.76. The number of rotatable bonds is 1. The SMILES string of the molecule is Cc1ccc2oc(C(N)=O)cc2n1. The van der Waals surface area contributed by atoms with Gasteiger partial charge in [-0.1, -0.05) is 0 Å². The molecule has 1 amide bonds. The monoisotopic (exact) mass is 176 g/mol. The first-order chi connectivity index (χ1) is 6.16. The molecule has 0 radical (unpaired) electrons. The zero-order chi connectivity index (χ0) is 9.42. The van der Waals surface area contributed by atoms with Gasteiger partial charge in [-0.05, 0) is 19.1 Å². The number of hydrogen-bond donors (Lipinski definition) is 1. The van der Waals surface area contributed by atoms with Crippen LogP contribution >= 0.6 is 0 Å². The lowest BCUT2D eigenvalue weighted by atomic mass is 10.3. The summed E-state index contributed by atoms with van der Waals surface area (Å²) in [5, 5.41) is 0. The van der Waals surface area contributed by atoms with E-state index >= 15 is 0 Å². The number of amides is 1. The fourth-order valence-electron chi connectivity index (χ4n) is 1.15. The van der Waals surface area contributed by atoms with Gasteiger partial charge >= 0.3 is 0 Å². The fourth-order valence-corrected chi connectivity index (χ4v) is 1.15. The largest absolute Gasteiger partial charge is 0.449 e. The topological polar surface area (TPSA) is 69.1 Å². The van der Waals surface area contributed by atoms with Crippen molar-refractivity contribution in [2.75, 3.05) is 0 Å². The van der Waals surface area contributed by atoms with Crippen molar-refractivity contribution in [3.8, 4) is 0 Å². The molecule has 13 heavy (non-hydrogen) atoms. The van der Waals surface area contributed by atoms with E-state index in [0.717, 1.165) is 5.69 Å². The zero-order valence-electron chi connectivity index (χ0n) is 7.07. The van der Waals surface area contributed by atoms with Crippen LogP contribution in [0, 0.1) is 6.92 Å². The Morgan fingerprint density at radius 2 is 2.31 bits per heavy atom. The molecule has 0 saturated carbocycles. The first-order valence-electron chi connectivity index (χ1n) is 3.84. The molecule has 0 saturated heterocycles. The number of aromatic nitrogens is 1. The number of carbonyl (C=O) groups excluding carboxylic acids is 1. The molecule has 2 aromatic rings. The van der Waals surface area contributed by atoms with Gasteiger partial charge in [-0.3, -0.25) is 4.79 Å². The molecule has 0 unspecified atom stereocenters. The van der Waals surface area contributed by atoms with Crippen LogP contribution in [-0.2, 0) is 0 Å². The summed E-state index contributed by atoms with van der Waals surface area (Å²) in [7, 11) is 0. The fraction of sp³-hybridized carbons (Fsp3) is 0.111. The highest BCUT2D eigenvalue weighted by Gasteiger charge is 2.08. The van der Waals surface area contributed by atoms with Crippen molar-refractivity contribution in [1.82, 2.24) is 4.98 Å². The standard InChI is InChI=1S/C9H8N2O2/c1-5-2-3-7-6(11-5)4-8(13-7)9(10)12/h2-4H,1H3,(H2,10,12). The highest BCUT2D eigenvalue weighted by atomic mass is 16.3. The molecule has 0 aromatic carbocycles. The van der Waals surface area contributed by atoms with Gasteiger partial charge in [-0.2, -0.15) is 0 Å². The summed E-state index contributed by atoms with van der Waals surface area (Å²) in [4.78, 5) is 14.9. The Labute approximate surface area is 74.4 Å². The minimum absolute atomic E-state index is 0.146. The molecule has 0 aliphatic heterocycles. The molecule has 2 aromatic heterocycles. The van der Waals surface area contributed by atoms with Crippen LogP contribution in [0.15, 0.2) is 22.6 Å². The Hall–Kier alpha value is -1.84. The van der Waals surface area contributed by atoms with E-state index in [2.05, 4.69) is 4.98 Å². The Morgan fingerprint density at radius 3 is 3.00 bits per heavy atom. The van der Waals surface area contributed by atoms with Crippen molar-refractivity contribution in [2.24, 2.45) is 5.73 Å². The highest BCUT2D eigenvalue weighted by molar-refractivity contribution is 5.93. The maximum Gasteiger partial charge on any atom is 0.284 e. The number of fused-ring (bicyclic) bond motifs is 1. The molecule has 0 aliphatic rings. The lowest BCUT2D eigenvalue weighted by Gasteiger charge is -1.88. The van der Waals surface area contributed by atoms with Crippen molar-refractivity contribution >= 4 is 17.0 Å². The normalized spacial score (nSPS) is 10.5. The summed E-state index contributed by atoms with van der Waals surface area (Å²) in [6, 6.07) is 5.13. The number of nitrogens with zero attached hydrogens (tertiary/aromatic N) is 1. The van der Waals surface area contributed by atoms with E-state index in [1.165, 1.54) is 0 Å². The Bertz CT molecular complexity index is 473. The summed E-state index contributed by atoms with van der Waals surface area (Å²) < 4.78 is 5.15. The van der Waals surface area contributed by atoms with E-state index in [-0.39, 0.29) is 5.76 Å². The van der Waals surface area contributed by atoms with E-state index in [4.69, 9.17) is 10.2 Å². The van der Waals surface area contributed by atoms with Gasteiger partial charge in [0.1, 0.15) is 5.52 Å². The van der Waals surface area contributed by atoms with Crippen LogP contribution < -0.4 is 5.73 Å². The molecule has 2 rings (SSSR count). The number of carbonyl (C=O) groups is 1.